The Balaban J connectivity index is 1.78. The van der Waals surface area contributed by atoms with Crippen LogP contribution in [0.3, 0.4) is 0 Å². The minimum absolute atomic E-state index is 0.0364. The predicted octanol–water partition coefficient (Wildman–Crippen LogP) is 2.33. The van der Waals surface area contributed by atoms with E-state index in [0.717, 1.165) is 35.2 Å². The number of thiophene rings is 1. The SMILES string of the molecule is O=C(c1cc(-c2cccs2)[nH]n1)N1CCSCC1. The number of carbonyl (C=O) groups excluding carboxylic acids is 1. The molecule has 3 rings (SSSR count). The molecule has 2 aromatic heterocycles. The molecule has 0 radical (unpaired) electrons. The van der Waals surface area contributed by atoms with E-state index in [1.165, 1.54) is 0 Å². The first-order valence-corrected chi connectivity index (χ1v) is 7.84. The van der Waals surface area contributed by atoms with Crippen molar-refractivity contribution in [2.75, 3.05) is 24.6 Å². The molecule has 1 fully saturated rings. The Morgan fingerprint density at radius 2 is 2.22 bits per heavy atom. The molecule has 0 aliphatic carbocycles. The summed E-state index contributed by atoms with van der Waals surface area (Å²) in [5.41, 5.74) is 1.44. The topological polar surface area (TPSA) is 49.0 Å². The molecule has 1 amide bonds. The third kappa shape index (κ3) is 2.30. The van der Waals surface area contributed by atoms with Gasteiger partial charge in [0, 0.05) is 24.6 Å². The number of hydrogen-bond donors (Lipinski definition) is 1. The average molecular weight is 279 g/mol. The Morgan fingerprint density at radius 3 is 2.94 bits per heavy atom. The number of amides is 1. The minimum Gasteiger partial charge on any atom is -0.336 e. The zero-order valence-corrected chi connectivity index (χ0v) is 11.4. The van der Waals surface area contributed by atoms with E-state index < -0.39 is 0 Å². The molecular formula is C12H13N3OS2. The van der Waals surface area contributed by atoms with Crippen LogP contribution in [0.4, 0.5) is 0 Å². The maximum Gasteiger partial charge on any atom is 0.274 e. The molecule has 2 aromatic rings. The van der Waals surface area contributed by atoms with Gasteiger partial charge in [-0.05, 0) is 17.5 Å². The van der Waals surface area contributed by atoms with Gasteiger partial charge >= 0.3 is 0 Å². The van der Waals surface area contributed by atoms with Gasteiger partial charge in [0.15, 0.2) is 5.69 Å². The summed E-state index contributed by atoms with van der Waals surface area (Å²) in [4.78, 5) is 15.2. The zero-order chi connectivity index (χ0) is 12.4. The van der Waals surface area contributed by atoms with Gasteiger partial charge in [0.25, 0.3) is 5.91 Å². The van der Waals surface area contributed by atoms with Crippen molar-refractivity contribution in [2.45, 2.75) is 0 Å². The number of carbonyl (C=O) groups is 1. The van der Waals surface area contributed by atoms with Gasteiger partial charge in [-0.3, -0.25) is 9.89 Å². The summed E-state index contributed by atoms with van der Waals surface area (Å²) in [5, 5.41) is 9.08. The van der Waals surface area contributed by atoms with Crippen LogP contribution in [0.25, 0.3) is 10.6 Å². The third-order valence-corrected chi connectivity index (χ3v) is 4.73. The molecule has 18 heavy (non-hydrogen) atoms. The highest BCUT2D eigenvalue weighted by atomic mass is 32.2. The highest BCUT2D eigenvalue weighted by Crippen LogP contribution is 2.23. The van der Waals surface area contributed by atoms with Gasteiger partial charge in [-0.15, -0.1) is 11.3 Å². The van der Waals surface area contributed by atoms with E-state index >= 15 is 0 Å². The highest BCUT2D eigenvalue weighted by Gasteiger charge is 2.20. The van der Waals surface area contributed by atoms with Crippen molar-refractivity contribution in [1.29, 1.82) is 0 Å². The Bertz CT molecular complexity index is 529. The van der Waals surface area contributed by atoms with Gasteiger partial charge in [0.2, 0.25) is 0 Å². The monoisotopic (exact) mass is 279 g/mol. The lowest BCUT2D eigenvalue weighted by atomic mass is 10.3. The lowest BCUT2D eigenvalue weighted by Gasteiger charge is -2.25. The van der Waals surface area contributed by atoms with Gasteiger partial charge in [-0.25, -0.2) is 0 Å². The Morgan fingerprint density at radius 1 is 1.39 bits per heavy atom. The molecule has 0 aromatic carbocycles. The van der Waals surface area contributed by atoms with Gasteiger partial charge in [-0.2, -0.15) is 16.9 Å². The number of H-pyrrole nitrogens is 1. The van der Waals surface area contributed by atoms with Crippen LogP contribution in [-0.4, -0.2) is 45.6 Å². The summed E-state index contributed by atoms with van der Waals surface area (Å²) in [6.45, 7) is 1.65. The van der Waals surface area contributed by atoms with Gasteiger partial charge in [-0.1, -0.05) is 6.07 Å². The standard InChI is InChI=1S/C12H13N3OS2/c16-12(15-3-6-17-7-4-15)10-8-9(13-14-10)11-2-1-5-18-11/h1-2,5,8H,3-4,6-7H2,(H,13,14). The average Bonchev–Trinajstić information content (AvgIpc) is 3.09. The molecule has 3 heterocycles. The van der Waals surface area contributed by atoms with Gasteiger partial charge < -0.3 is 4.90 Å². The molecule has 1 aliphatic heterocycles. The molecule has 94 valence electrons. The second kappa shape index (κ2) is 5.16. The van der Waals surface area contributed by atoms with Crippen molar-refractivity contribution in [3.8, 4) is 10.6 Å². The second-order valence-electron chi connectivity index (χ2n) is 4.05. The number of rotatable bonds is 2. The molecule has 0 bridgehead atoms. The van der Waals surface area contributed by atoms with Gasteiger partial charge in [0.1, 0.15) is 0 Å². The number of nitrogens with zero attached hydrogens (tertiary/aromatic N) is 2. The molecule has 4 nitrogen and oxygen atoms in total. The molecule has 1 aliphatic rings. The molecule has 1 saturated heterocycles. The van der Waals surface area contributed by atoms with Crippen LogP contribution in [0.1, 0.15) is 10.5 Å². The molecular weight excluding hydrogens is 266 g/mol. The number of aromatic amines is 1. The first-order chi connectivity index (χ1) is 8.84. The maximum absolute atomic E-state index is 12.2. The lowest BCUT2D eigenvalue weighted by Crippen LogP contribution is -2.38. The van der Waals surface area contributed by atoms with Crippen molar-refractivity contribution in [3.05, 3.63) is 29.3 Å². The quantitative estimate of drug-likeness (QED) is 0.918. The number of aromatic nitrogens is 2. The molecule has 1 N–H and O–H groups in total. The van der Waals surface area contributed by atoms with E-state index in [0.29, 0.717) is 5.69 Å². The smallest absolute Gasteiger partial charge is 0.274 e. The first kappa shape index (κ1) is 11.8. The Kier molecular flexibility index (Phi) is 3.38. The summed E-state index contributed by atoms with van der Waals surface area (Å²) in [6, 6.07) is 5.85. The van der Waals surface area contributed by atoms with Crippen molar-refractivity contribution < 1.29 is 4.79 Å². The van der Waals surface area contributed by atoms with E-state index in [1.807, 2.05) is 40.2 Å². The van der Waals surface area contributed by atoms with Crippen LogP contribution in [0.5, 0.6) is 0 Å². The third-order valence-electron chi connectivity index (χ3n) is 2.88. The van der Waals surface area contributed by atoms with Crippen LogP contribution < -0.4 is 0 Å². The van der Waals surface area contributed by atoms with Crippen LogP contribution in [0, 0.1) is 0 Å². The fourth-order valence-electron chi connectivity index (χ4n) is 1.92. The van der Waals surface area contributed by atoms with Crippen LogP contribution >= 0.6 is 23.1 Å². The van der Waals surface area contributed by atoms with Crippen LogP contribution in [0.15, 0.2) is 23.6 Å². The first-order valence-electron chi connectivity index (χ1n) is 5.81. The Labute approximate surface area is 113 Å². The van der Waals surface area contributed by atoms with Crippen molar-refractivity contribution in [1.82, 2.24) is 15.1 Å². The summed E-state index contributed by atoms with van der Waals surface area (Å²) in [6.07, 6.45) is 0. The minimum atomic E-state index is 0.0364. The number of hydrogen-bond acceptors (Lipinski definition) is 4. The molecule has 0 saturated carbocycles. The van der Waals surface area contributed by atoms with Crippen LogP contribution in [-0.2, 0) is 0 Å². The summed E-state index contributed by atoms with van der Waals surface area (Å²) < 4.78 is 0. The van der Waals surface area contributed by atoms with E-state index in [9.17, 15) is 4.79 Å². The molecule has 0 unspecified atom stereocenters. The predicted molar refractivity (Wildman–Crippen MR) is 75.1 cm³/mol. The number of nitrogens with one attached hydrogen (secondary N) is 1. The zero-order valence-electron chi connectivity index (χ0n) is 9.76. The maximum atomic E-state index is 12.2. The fraction of sp³-hybridized carbons (Fsp3) is 0.333. The van der Waals surface area contributed by atoms with E-state index in [-0.39, 0.29) is 5.91 Å². The summed E-state index contributed by atoms with van der Waals surface area (Å²) in [5.74, 6) is 2.08. The van der Waals surface area contributed by atoms with E-state index in [4.69, 9.17) is 0 Å². The van der Waals surface area contributed by atoms with Crippen molar-refractivity contribution >= 4 is 29.0 Å². The number of thioether (sulfide) groups is 1. The largest absolute Gasteiger partial charge is 0.336 e. The molecule has 6 heteroatoms. The lowest BCUT2D eigenvalue weighted by molar-refractivity contribution is 0.0766. The summed E-state index contributed by atoms with van der Waals surface area (Å²) >= 11 is 3.53. The van der Waals surface area contributed by atoms with Crippen molar-refractivity contribution in [3.63, 3.8) is 0 Å². The summed E-state index contributed by atoms with van der Waals surface area (Å²) in [7, 11) is 0. The normalized spacial score (nSPS) is 15.9. The van der Waals surface area contributed by atoms with Crippen LogP contribution in [0.2, 0.25) is 0 Å². The molecule has 0 atom stereocenters. The fourth-order valence-corrected chi connectivity index (χ4v) is 3.51. The van der Waals surface area contributed by atoms with Crippen molar-refractivity contribution in [2.24, 2.45) is 0 Å². The van der Waals surface area contributed by atoms with Gasteiger partial charge in [0.05, 0.1) is 10.6 Å². The Hall–Kier alpha value is -1.27. The van der Waals surface area contributed by atoms with E-state index in [2.05, 4.69) is 10.2 Å². The van der Waals surface area contributed by atoms with E-state index in [1.54, 1.807) is 11.3 Å². The second-order valence-corrected chi connectivity index (χ2v) is 6.22. The highest BCUT2D eigenvalue weighted by molar-refractivity contribution is 7.99. The molecule has 0 spiro atoms.